The van der Waals surface area contributed by atoms with Gasteiger partial charge in [-0.15, -0.1) is 0 Å². The standard InChI is InChI=1S/C38H45N3O4S/c1-27(2)24-39-38(43)36(23-32-13-8-7-9-14-32)40(25-33-15-11-10-12-30(33)5)37(42)26-41(35-22-29(4)16-19-31(35)6)46(44,45)34-20-17-28(3)18-21-34/h7-22,27,36H,23-26H2,1-6H3,(H,39,43)/t36-/m0/s1. The van der Waals surface area contributed by atoms with Gasteiger partial charge in [0, 0.05) is 19.5 Å². The third-order valence-corrected chi connectivity index (χ3v) is 9.85. The summed E-state index contributed by atoms with van der Waals surface area (Å²) in [7, 11) is -4.16. The molecule has 0 aliphatic rings. The zero-order valence-electron chi connectivity index (χ0n) is 27.7. The molecule has 0 radical (unpaired) electrons. The van der Waals surface area contributed by atoms with Crippen molar-refractivity contribution in [2.75, 3.05) is 17.4 Å². The maximum absolute atomic E-state index is 14.7. The summed E-state index contributed by atoms with van der Waals surface area (Å²) in [5.74, 6) is -0.541. The van der Waals surface area contributed by atoms with Crippen molar-refractivity contribution in [3.05, 3.63) is 130 Å². The number of nitrogens with one attached hydrogen (secondary N) is 1. The molecule has 0 aliphatic heterocycles. The number of aryl methyl sites for hydroxylation is 4. The monoisotopic (exact) mass is 639 g/mol. The van der Waals surface area contributed by atoms with Crippen LogP contribution in [0.3, 0.4) is 0 Å². The van der Waals surface area contributed by atoms with Gasteiger partial charge >= 0.3 is 0 Å². The van der Waals surface area contributed by atoms with E-state index in [1.165, 1.54) is 4.31 Å². The average molecular weight is 640 g/mol. The van der Waals surface area contributed by atoms with E-state index in [-0.39, 0.29) is 29.7 Å². The number of rotatable bonds is 13. The van der Waals surface area contributed by atoms with E-state index in [9.17, 15) is 18.0 Å². The maximum Gasteiger partial charge on any atom is 0.264 e. The summed E-state index contributed by atoms with van der Waals surface area (Å²) < 4.78 is 29.8. The molecule has 242 valence electrons. The Balaban J connectivity index is 1.84. The Morgan fingerprint density at radius 1 is 0.761 bits per heavy atom. The minimum atomic E-state index is -4.16. The molecule has 1 atom stereocenters. The third-order valence-electron chi connectivity index (χ3n) is 8.08. The fourth-order valence-electron chi connectivity index (χ4n) is 5.29. The minimum absolute atomic E-state index is 0.0905. The normalized spacial score (nSPS) is 12.1. The van der Waals surface area contributed by atoms with Crippen LogP contribution in [0.15, 0.2) is 102 Å². The third kappa shape index (κ3) is 8.63. The molecule has 0 heterocycles. The Hall–Kier alpha value is -4.43. The quantitative estimate of drug-likeness (QED) is 0.180. The highest BCUT2D eigenvalue weighted by molar-refractivity contribution is 7.92. The minimum Gasteiger partial charge on any atom is -0.354 e. The van der Waals surface area contributed by atoms with Crippen LogP contribution in [0, 0.1) is 33.6 Å². The molecule has 0 aliphatic carbocycles. The van der Waals surface area contributed by atoms with Gasteiger partial charge in [-0.05, 0) is 79.6 Å². The van der Waals surface area contributed by atoms with Crippen molar-refractivity contribution in [2.45, 2.75) is 65.4 Å². The van der Waals surface area contributed by atoms with Crippen LogP contribution in [0.1, 0.15) is 47.2 Å². The molecule has 0 unspecified atom stereocenters. The molecule has 0 aromatic heterocycles. The van der Waals surface area contributed by atoms with Crippen LogP contribution in [0.25, 0.3) is 0 Å². The first-order chi connectivity index (χ1) is 21.9. The lowest BCUT2D eigenvalue weighted by atomic mass is 10.0. The highest BCUT2D eigenvalue weighted by Gasteiger charge is 2.35. The summed E-state index contributed by atoms with van der Waals surface area (Å²) >= 11 is 0. The second kappa shape index (κ2) is 15.2. The van der Waals surface area contributed by atoms with Crippen molar-refractivity contribution >= 4 is 27.5 Å². The maximum atomic E-state index is 14.7. The van der Waals surface area contributed by atoms with Crippen LogP contribution in [0.2, 0.25) is 0 Å². The van der Waals surface area contributed by atoms with E-state index in [0.717, 1.165) is 33.4 Å². The zero-order chi connectivity index (χ0) is 33.4. The predicted molar refractivity (Wildman–Crippen MR) is 185 cm³/mol. The van der Waals surface area contributed by atoms with Gasteiger partial charge in [0.2, 0.25) is 11.8 Å². The van der Waals surface area contributed by atoms with E-state index in [1.807, 2.05) is 108 Å². The highest BCUT2D eigenvalue weighted by atomic mass is 32.2. The van der Waals surface area contributed by atoms with Crippen LogP contribution in [-0.4, -0.2) is 44.3 Å². The summed E-state index contributed by atoms with van der Waals surface area (Å²) in [6.07, 6.45) is 0.274. The number of benzene rings is 4. The summed E-state index contributed by atoms with van der Waals surface area (Å²) in [4.78, 5) is 30.3. The highest BCUT2D eigenvalue weighted by Crippen LogP contribution is 2.29. The van der Waals surface area contributed by atoms with Crippen LogP contribution in [-0.2, 0) is 32.6 Å². The van der Waals surface area contributed by atoms with Crippen molar-refractivity contribution in [1.29, 1.82) is 0 Å². The molecule has 0 bridgehead atoms. The van der Waals surface area contributed by atoms with Crippen molar-refractivity contribution < 1.29 is 18.0 Å². The number of hydrogen-bond acceptors (Lipinski definition) is 4. The fraction of sp³-hybridized carbons (Fsp3) is 0.316. The van der Waals surface area contributed by atoms with Gasteiger partial charge in [-0.3, -0.25) is 13.9 Å². The Morgan fingerprint density at radius 2 is 1.39 bits per heavy atom. The van der Waals surface area contributed by atoms with Crippen molar-refractivity contribution in [3.8, 4) is 0 Å². The Bertz CT molecular complexity index is 1750. The lowest BCUT2D eigenvalue weighted by Gasteiger charge is -2.34. The molecule has 0 saturated carbocycles. The molecule has 2 amide bonds. The summed E-state index contributed by atoms with van der Waals surface area (Å²) in [5, 5.41) is 3.04. The van der Waals surface area contributed by atoms with Gasteiger partial charge in [0.05, 0.1) is 10.6 Å². The Morgan fingerprint density at radius 3 is 2.04 bits per heavy atom. The number of anilines is 1. The van der Waals surface area contributed by atoms with Gasteiger partial charge in [0.1, 0.15) is 12.6 Å². The number of amides is 2. The summed E-state index contributed by atoms with van der Waals surface area (Å²) in [5.41, 5.74) is 5.68. The molecule has 46 heavy (non-hydrogen) atoms. The van der Waals surface area contributed by atoms with Crippen LogP contribution < -0.4 is 9.62 Å². The SMILES string of the molecule is Cc1ccc(S(=O)(=O)N(CC(=O)N(Cc2ccccc2C)[C@@H](Cc2ccccc2)C(=O)NCC(C)C)c2cc(C)ccc2C)cc1. The van der Waals surface area contributed by atoms with Gasteiger partial charge in [-0.1, -0.05) is 98.3 Å². The molecule has 0 fully saturated rings. The molecule has 0 spiro atoms. The number of carbonyl (C=O) groups excluding carboxylic acids is 2. The largest absolute Gasteiger partial charge is 0.354 e. The van der Waals surface area contributed by atoms with Gasteiger partial charge in [-0.25, -0.2) is 8.42 Å². The molecule has 1 N–H and O–H groups in total. The van der Waals surface area contributed by atoms with E-state index in [4.69, 9.17) is 0 Å². The van der Waals surface area contributed by atoms with E-state index < -0.39 is 28.5 Å². The molecule has 4 aromatic carbocycles. The first-order valence-electron chi connectivity index (χ1n) is 15.7. The second-order valence-corrected chi connectivity index (χ2v) is 14.3. The molecular weight excluding hydrogens is 595 g/mol. The van der Waals surface area contributed by atoms with E-state index in [1.54, 1.807) is 35.2 Å². The lowest BCUT2D eigenvalue weighted by molar-refractivity contribution is -0.140. The van der Waals surface area contributed by atoms with Crippen LogP contribution in [0.5, 0.6) is 0 Å². The first kappa shape index (κ1) is 34.4. The number of hydrogen-bond donors (Lipinski definition) is 1. The van der Waals surface area contributed by atoms with Crippen molar-refractivity contribution in [1.82, 2.24) is 10.2 Å². The summed E-state index contributed by atoms with van der Waals surface area (Å²) in [6.45, 7) is 11.7. The molecule has 7 nitrogen and oxygen atoms in total. The lowest BCUT2D eigenvalue weighted by Crippen LogP contribution is -2.54. The van der Waals surface area contributed by atoms with Crippen LogP contribution in [0.4, 0.5) is 5.69 Å². The first-order valence-corrected chi connectivity index (χ1v) is 17.1. The topological polar surface area (TPSA) is 86.8 Å². The Kier molecular flexibility index (Phi) is 11.4. The van der Waals surface area contributed by atoms with Crippen molar-refractivity contribution in [3.63, 3.8) is 0 Å². The van der Waals surface area contributed by atoms with Gasteiger partial charge in [0.15, 0.2) is 0 Å². The number of nitrogens with zero attached hydrogens (tertiary/aromatic N) is 2. The molecule has 0 saturated heterocycles. The second-order valence-electron chi connectivity index (χ2n) is 12.4. The molecule has 8 heteroatoms. The van der Waals surface area contributed by atoms with E-state index in [2.05, 4.69) is 5.32 Å². The molecule has 4 rings (SSSR count). The molecule has 4 aromatic rings. The summed E-state index contributed by atoms with van der Waals surface area (Å²) in [6, 6.07) is 28.6. The van der Waals surface area contributed by atoms with Gasteiger partial charge < -0.3 is 10.2 Å². The van der Waals surface area contributed by atoms with Crippen LogP contribution >= 0.6 is 0 Å². The number of sulfonamides is 1. The predicted octanol–water partition coefficient (Wildman–Crippen LogP) is 6.53. The van der Waals surface area contributed by atoms with Gasteiger partial charge in [0.25, 0.3) is 10.0 Å². The Labute approximate surface area is 274 Å². The van der Waals surface area contributed by atoms with Gasteiger partial charge in [-0.2, -0.15) is 0 Å². The van der Waals surface area contributed by atoms with E-state index >= 15 is 0 Å². The number of carbonyl (C=O) groups is 2. The van der Waals surface area contributed by atoms with Crippen molar-refractivity contribution in [2.24, 2.45) is 5.92 Å². The average Bonchev–Trinajstić information content (AvgIpc) is 3.03. The zero-order valence-corrected chi connectivity index (χ0v) is 28.5. The molecular formula is C38H45N3O4S. The smallest absolute Gasteiger partial charge is 0.264 e. The fourth-order valence-corrected chi connectivity index (χ4v) is 6.76. The van der Waals surface area contributed by atoms with E-state index in [0.29, 0.717) is 12.2 Å².